The standard InChI is InChI=1S/C14H25NO2/c1-2-16-13-10-12(14(13)8-5-9-14)15-17-11-6-3-4-7-11/h11-13,15H,2-10H2,1H3. The summed E-state index contributed by atoms with van der Waals surface area (Å²) in [6.45, 7) is 2.95. The Morgan fingerprint density at radius 1 is 1.18 bits per heavy atom. The fourth-order valence-corrected chi connectivity index (χ4v) is 3.79. The second kappa shape index (κ2) is 4.87. The molecule has 17 heavy (non-hydrogen) atoms. The van der Waals surface area contributed by atoms with Crippen molar-refractivity contribution in [1.29, 1.82) is 0 Å². The predicted molar refractivity (Wildman–Crippen MR) is 66.6 cm³/mol. The fourth-order valence-electron chi connectivity index (χ4n) is 3.79. The Bertz CT molecular complexity index is 259. The molecule has 3 aliphatic carbocycles. The average molecular weight is 239 g/mol. The molecule has 3 rings (SSSR count). The van der Waals surface area contributed by atoms with Crippen LogP contribution in [0.4, 0.5) is 0 Å². The maximum atomic E-state index is 5.86. The van der Waals surface area contributed by atoms with E-state index in [0.29, 0.717) is 23.7 Å². The molecule has 0 saturated heterocycles. The van der Waals surface area contributed by atoms with E-state index in [-0.39, 0.29) is 0 Å². The number of rotatable bonds is 5. The topological polar surface area (TPSA) is 30.5 Å². The molecule has 3 heteroatoms. The first-order valence-corrected chi connectivity index (χ1v) is 7.38. The van der Waals surface area contributed by atoms with E-state index in [1.54, 1.807) is 0 Å². The summed E-state index contributed by atoms with van der Waals surface area (Å²) in [5.41, 5.74) is 3.79. The van der Waals surface area contributed by atoms with Gasteiger partial charge in [-0.1, -0.05) is 19.3 Å². The maximum Gasteiger partial charge on any atom is 0.0790 e. The minimum absolute atomic E-state index is 0.425. The van der Waals surface area contributed by atoms with Crippen LogP contribution in [0.25, 0.3) is 0 Å². The molecule has 0 aliphatic heterocycles. The zero-order chi connectivity index (χ0) is 11.7. The summed E-state index contributed by atoms with van der Waals surface area (Å²) in [5, 5.41) is 0. The molecule has 1 spiro atoms. The molecule has 3 fully saturated rings. The van der Waals surface area contributed by atoms with Crippen LogP contribution in [0.5, 0.6) is 0 Å². The highest BCUT2D eigenvalue weighted by Gasteiger charge is 2.59. The quantitative estimate of drug-likeness (QED) is 0.748. The highest BCUT2D eigenvalue weighted by atomic mass is 16.7. The third-order valence-electron chi connectivity index (χ3n) is 5.12. The van der Waals surface area contributed by atoms with Crippen molar-refractivity contribution in [2.75, 3.05) is 6.61 Å². The van der Waals surface area contributed by atoms with Crippen molar-refractivity contribution < 1.29 is 9.57 Å². The van der Waals surface area contributed by atoms with Crippen molar-refractivity contribution in [3.8, 4) is 0 Å². The molecule has 2 unspecified atom stereocenters. The SMILES string of the molecule is CCOC1CC(NOC2CCCC2)C12CCC2. The Kier molecular flexibility index (Phi) is 3.42. The van der Waals surface area contributed by atoms with Gasteiger partial charge in [-0.25, -0.2) is 0 Å². The van der Waals surface area contributed by atoms with Gasteiger partial charge in [0.25, 0.3) is 0 Å². The van der Waals surface area contributed by atoms with Gasteiger partial charge in [0.2, 0.25) is 0 Å². The summed E-state index contributed by atoms with van der Waals surface area (Å²) in [4.78, 5) is 5.86. The molecule has 0 heterocycles. The normalized spacial score (nSPS) is 35.8. The maximum absolute atomic E-state index is 5.86. The van der Waals surface area contributed by atoms with Gasteiger partial charge >= 0.3 is 0 Å². The Balaban J connectivity index is 1.48. The molecular weight excluding hydrogens is 214 g/mol. The molecule has 1 N–H and O–H groups in total. The average Bonchev–Trinajstić information content (AvgIpc) is 2.72. The molecule has 3 aliphatic rings. The second-order valence-electron chi connectivity index (χ2n) is 5.96. The highest BCUT2D eigenvalue weighted by Crippen LogP contribution is 2.57. The van der Waals surface area contributed by atoms with Crippen LogP contribution < -0.4 is 5.48 Å². The molecule has 3 nitrogen and oxygen atoms in total. The van der Waals surface area contributed by atoms with Gasteiger partial charge in [0.1, 0.15) is 0 Å². The lowest BCUT2D eigenvalue weighted by Crippen LogP contribution is -2.67. The first kappa shape index (κ1) is 11.9. The van der Waals surface area contributed by atoms with Crippen LogP contribution >= 0.6 is 0 Å². The van der Waals surface area contributed by atoms with Crippen molar-refractivity contribution in [2.24, 2.45) is 5.41 Å². The molecule has 0 aromatic heterocycles. The molecule has 0 radical (unpaired) electrons. The van der Waals surface area contributed by atoms with Crippen LogP contribution in [0.2, 0.25) is 0 Å². The van der Waals surface area contributed by atoms with Gasteiger partial charge in [-0.05, 0) is 39.0 Å². The number of hydrogen-bond acceptors (Lipinski definition) is 3. The van der Waals surface area contributed by atoms with Gasteiger partial charge in [-0.2, -0.15) is 5.48 Å². The monoisotopic (exact) mass is 239 g/mol. The minimum Gasteiger partial charge on any atom is -0.378 e. The smallest absolute Gasteiger partial charge is 0.0790 e. The zero-order valence-electron chi connectivity index (χ0n) is 10.9. The summed E-state index contributed by atoms with van der Waals surface area (Å²) >= 11 is 0. The van der Waals surface area contributed by atoms with Crippen LogP contribution in [0, 0.1) is 5.41 Å². The summed E-state index contributed by atoms with van der Waals surface area (Å²) < 4.78 is 5.84. The van der Waals surface area contributed by atoms with E-state index in [0.717, 1.165) is 13.0 Å². The molecule has 0 aromatic rings. The molecule has 0 bridgehead atoms. The third-order valence-corrected chi connectivity index (χ3v) is 5.12. The van der Waals surface area contributed by atoms with Crippen molar-refractivity contribution in [2.45, 2.75) is 76.5 Å². The van der Waals surface area contributed by atoms with Crippen LogP contribution in [-0.4, -0.2) is 24.9 Å². The molecule has 0 amide bonds. The number of ether oxygens (including phenoxy) is 1. The van der Waals surface area contributed by atoms with E-state index in [1.807, 2.05) is 0 Å². The van der Waals surface area contributed by atoms with Crippen LogP contribution in [0.1, 0.15) is 58.3 Å². The van der Waals surface area contributed by atoms with Gasteiger partial charge in [0.15, 0.2) is 0 Å². The van der Waals surface area contributed by atoms with Crippen LogP contribution in [0.3, 0.4) is 0 Å². The highest BCUT2D eigenvalue weighted by molar-refractivity contribution is 5.11. The largest absolute Gasteiger partial charge is 0.378 e. The Morgan fingerprint density at radius 3 is 2.53 bits per heavy atom. The van der Waals surface area contributed by atoms with E-state index >= 15 is 0 Å². The van der Waals surface area contributed by atoms with E-state index in [1.165, 1.54) is 44.9 Å². The number of hydrogen-bond donors (Lipinski definition) is 1. The zero-order valence-corrected chi connectivity index (χ0v) is 10.9. The molecule has 98 valence electrons. The van der Waals surface area contributed by atoms with Gasteiger partial charge in [0, 0.05) is 18.1 Å². The van der Waals surface area contributed by atoms with E-state index < -0.39 is 0 Å². The second-order valence-corrected chi connectivity index (χ2v) is 5.96. The van der Waals surface area contributed by atoms with E-state index in [9.17, 15) is 0 Å². The van der Waals surface area contributed by atoms with Crippen molar-refractivity contribution >= 4 is 0 Å². The van der Waals surface area contributed by atoms with E-state index in [2.05, 4.69) is 12.4 Å². The fraction of sp³-hybridized carbons (Fsp3) is 1.00. The van der Waals surface area contributed by atoms with Crippen LogP contribution in [-0.2, 0) is 9.57 Å². The molecular formula is C14H25NO2. The molecule has 2 atom stereocenters. The summed E-state index contributed by atoms with van der Waals surface area (Å²) in [6.07, 6.45) is 11.3. The molecule has 0 aromatic carbocycles. The Hall–Kier alpha value is -0.120. The number of nitrogens with one attached hydrogen (secondary N) is 1. The lowest BCUT2D eigenvalue weighted by Gasteiger charge is -2.60. The summed E-state index contributed by atoms with van der Waals surface area (Å²) in [5.74, 6) is 0. The summed E-state index contributed by atoms with van der Waals surface area (Å²) in [6, 6.07) is 0.549. The predicted octanol–water partition coefficient (Wildman–Crippen LogP) is 2.80. The summed E-state index contributed by atoms with van der Waals surface area (Å²) in [7, 11) is 0. The van der Waals surface area contributed by atoms with E-state index in [4.69, 9.17) is 9.57 Å². The Labute approximate surface area is 104 Å². The molecule has 3 saturated carbocycles. The van der Waals surface area contributed by atoms with Gasteiger partial charge < -0.3 is 4.74 Å². The lowest BCUT2D eigenvalue weighted by molar-refractivity contribution is -0.210. The van der Waals surface area contributed by atoms with Crippen LogP contribution in [0.15, 0.2) is 0 Å². The van der Waals surface area contributed by atoms with Gasteiger partial charge in [-0.15, -0.1) is 0 Å². The van der Waals surface area contributed by atoms with Gasteiger partial charge in [0.05, 0.1) is 12.2 Å². The third kappa shape index (κ3) is 2.02. The lowest BCUT2D eigenvalue weighted by atomic mass is 9.51. The first-order chi connectivity index (χ1) is 8.35. The number of hydroxylamine groups is 1. The Morgan fingerprint density at radius 2 is 1.94 bits per heavy atom. The van der Waals surface area contributed by atoms with Crippen molar-refractivity contribution in [3.63, 3.8) is 0 Å². The van der Waals surface area contributed by atoms with Gasteiger partial charge in [-0.3, -0.25) is 4.84 Å². The minimum atomic E-state index is 0.425. The van der Waals surface area contributed by atoms with Crippen molar-refractivity contribution in [1.82, 2.24) is 5.48 Å². The first-order valence-electron chi connectivity index (χ1n) is 7.38. The van der Waals surface area contributed by atoms with Crippen molar-refractivity contribution in [3.05, 3.63) is 0 Å².